The van der Waals surface area contributed by atoms with E-state index in [0.29, 0.717) is 36.4 Å². The van der Waals surface area contributed by atoms with Crippen LogP contribution in [0.15, 0.2) is 36.4 Å². The molecule has 0 aromatic heterocycles. The predicted molar refractivity (Wildman–Crippen MR) is 119 cm³/mol. The Morgan fingerprint density at radius 1 is 1.13 bits per heavy atom. The zero-order chi connectivity index (χ0) is 20.5. The minimum absolute atomic E-state index is 0. The smallest absolute Gasteiger partial charge is 0.261 e. The van der Waals surface area contributed by atoms with Crippen LogP contribution in [-0.2, 0) is 4.79 Å². The van der Waals surface area contributed by atoms with Gasteiger partial charge in [-0.05, 0) is 49.6 Å². The van der Waals surface area contributed by atoms with Crippen LogP contribution >= 0.6 is 12.4 Å². The Morgan fingerprint density at radius 2 is 1.77 bits per heavy atom. The highest BCUT2D eigenvalue weighted by atomic mass is 35.5. The third-order valence-electron chi connectivity index (χ3n) is 6.18. The van der Waals surface area contributed by atoms with Crippen molar-refractivity contribution in [2.75, 3.05) is 19.6 Å². The number of benzene rings is 2. The number of rotatable bonds is 5. The van der Waals surface area contributed by atoms with Crippen molar-refractivity contribution in [2.45, 2.75) is 38.6 Å². The van der Waals surface area contributed by atoms with Gasteiger partial charge in [-0.25, -0.2) is 0 Å². The maximum Gasteiger partial charge on any atom is 0.261 e. The first kappa shape index (κ1) is 22.2. The molecule has 1 saturated heterocycles. The summed E-state index contributed by atoms with van der Waals surface area (Å²) in [6.45, 7) is 3.70. The minimum atomic E-state index is -0.276. The fourth-order valence-electron chi connectivity index (χ4n) is 4.50. The van der Waals surface area contributed by atoms with Crippen molar-refractivity contribution in [1.82, 2.24) is 9.80 Å². The van der Waals surface area contributed by atoms with E-state index in [1.165, 1.54) is 4.90 Å². The highest BCUT2D eigenvalue weighted by Gasteiger charge is 2.32. The monoisotopic (exact) mass is 429 g/mol. The molecule has 1 fully saturated rings. The molecule has 2 aromatic rings. The molecular formula is C23H28ClN3O3. The summed E-state index contributed by atoms with van der Waals surface area (Å²) >= 11 is 0. The molecule has 0 spiro atoms. The second kappa shape index (κ2) is 9.14. The molecule has 2 unspecified atom stereocenters. The molecule has 0 saturated carbocycles. The molecule has 7 heteroatoms. The maximum atomic E-state index is 12.9. The Morgan fingerprint density at radius 3 is 2.37 bits per heavy atom. The predicted octanol–water partition coefficient (Wildman–Crippen LogP) is 3.22. The zero-order valence-electron chi connectivity index (χ0n) is 17.2. The average Bonchev–Trinajstić information content (AvgIpc) is 2.74. The summed E-state index contributed by atoms with van der Waals surface area (Å²) in [6.07, 6.45) is 2.83. The molecule has 3 amide bonds. The molecule has 0 aliphatic carbocycles. The summed E-state index contributed by atoms with van der Waals surface area (Å²) in [7, 11) is 0. The second-order valence-electron chi connectivity index (χ2n) is 8.18. The Hall–Kier alpha value is -2.44. The number of carbonyl (C=O) groups is 3. The molecule has 2 aromatic carbocycles. The van der Waals surface area contributed by atoms with Gasteiger partial charge in [0.25, 0.3) is 11.8 Å². The standard InChI is InChI=1S/C23H27N3O3.ClH/c1-15(24)17-8-4-12-25(14-17)20(27)11-5-13-26-22(28)18-9-2-6-16-7-3-10-19(21(16)18)23(26)29;/h2-3,6-7,9-10,15,17H,4-5,8,11-14,24H2,1H3;1H. The third kappa shape index (κ3) is 4.07. The van der Waals surface area contributed by atoms with Crippen molar-refractivity contribution in [2.24, 2.45) is 11.7 Å². The van der Waals surface area contributed by atoms with Crippen molar-refractivity contribution < 1.29 is 14.4 Å². The molecular weight excluding hydrogens is 402 g/mol. The van der Waals surface area contributed by atoms with Gasteiger partial charge in [0.2, 0.25) is 5.91 Å². The summed E-state index contributed by atoms with van der Waals surface area (Å²) < 4.78 is 0. The number of halogens is 1. The van der Waals surface area contributed by atoms with Gasteiger partial charge in [-0.1, -0.05) is 24.3 Å². The Labute approximate surface area is 182 Å². The summed E-state index contributed by atoms with van der Waals surface area (Å²) in [5.74, 6) is -0.131. The zero-order valence-corrected chi connectivity index (χ0v) is 18.0. The van der Waals surface area contributed by atoms with Crippen LogP contribution in [0.1, 0.15) is 53.3 Å². The normalized spacial score (nSPS) is 19.6. The van der Waals surface area contributed by atoms with Gasteiger partial charge in [-0.2, -0.15) is 0 Å². The van der Waals surface area contributed by atoms with E-state index < -0.39 is 0 Å². The lowest BCUT2D eigenvalue weighted by atomic mass is 9.92. The molecule has 2 aliphatic rings. The highest BCUT2D eigenvalue weighted by Crippen LogP contribution is 2.30. The molecule has 4 rings (SSSR count). The Kier molecular flexibility index (Phi) is 6.78. The number of piperidine rings is 1. The summed E-state index contributed by atoms with van der Waals surface area (Å²) in [5.41, 5.74) is 7.12. The van der Waals surface area contributed by atoms with E-state index in [-0.39, 0.29) is 42.7 Å². The molecule has 30 heavy (non-hydrogen) atoms. The first-order chi connectivity index (χ1) is 14.0. The van der Waals surface area contributed by atoms with Gasteiger partial charge in [-0.15, -0.1) is 12.4 Å². The number of carbonyl (C=O) groups excluding carboxylic acids is 3. The fourth-order valence-corrected chi connectivity index (χ4v) is 4.50. The van der Waals surface area contributed by atoms with Gasteiger partial charge < -0.3 is 10.6 Å². The van der Waals surface area contributed by atoms with Crippen molar-refractivity contribution >= 4 is 40.9 Å². The quantitative estimate of drug-likeness (QED) is 0.739. The van der Waals surface area contributed by atoms with E-state index in [1.807, 2.05) is 36.1 Å². The van der Waals surface area contributed by atoms with Crippen molar-refractivity contribution in [3.05, 3.63) is 47.5 Å². The largest absolute Gasteiger partial charge is 0.342 e. The van der Waals surface area contributed by atoms with Crippen LogP contribution in [0.5, 0.6) is 0 Å². The van der Waals surface area contributed by atoms with E-state index in [0.717, 1.165) is 30.2 Å². The van der Waals surface area contributed by atoms with E-state index in [2.05, 4.69) is 0 Å². The van der Waals surface area contributed by atoms with E-state index >= 15 is 0 Å². The van der Waals surface area contributed by atoms with Crippen LogP contribution in [0.4, 0.5) is 0 Å². The third-order valence-corrected chi connectivity index (χ3v) is 6.18. The number of nitrogens with zero attached hydrogens (tertiary/aromatic N) is 2. The molecule has 2 aliphatic heterocycles. The number of likely N-dealkylation sites (tertiary alicyclic amines) is 1. The van der Waals surface area contributed by atoms with E-state index in [4.69, 9.17) is 5.73 Å². The van der Waals surface area contributed by atoms with E-state index in [9.17, 15) is 14.4 Å². The number of amides is 3. The lowest BCUT2D eigenvalue weighted by Gasteiger charge is -2.35. The number of hydrogen-bond acceptors (Lipinski definition) is 4. The lowest BCUT2D eigenvalue weighted by Crippen LogP contribution is -2.45. The van der Waals surface area contributed by atoms with Gasteiger partial charge in [0, 0.05) is 48.6 Å². The highest BCUT2D eigenvalue weighted by molar-refractivity contribution is 6.25. The minimum Gasteiger partial charge on any atom is -0.342 e. The molecule has 0 radical (unpaired) electrons. The SMILES string of the molecule is CC(N)C1CCCN(C(=O)CCCN2C(=O)c3cccc4cccc(c34)C2=O)C1.Cl. The first-order valence-electron chi connectivity index (χ1n) is 10.4. The molecule has 2 N–H and O–H groups in total. The molecule has 2 atom stereocenters. The van der Waals surface area contributed by atoms with Crippen LogP contribution in [-0.4, -0.2) is 53.2 Å². The van der Waals surface area contributed by atoms with Crippen LogP contribution in [0.3, 0.4) is 0 Å². The number of imide groups is 1. The summed E-state index contributed by atoms with van der Waals surface area (Å²) in [4.78, 5) is 41.6. The van der Waals surface area contributed by atoms with Gasteiger partial charge in [-0.3, -0.25) is 19.3 Å². The topological polar surface area (TPSA) is 83.7 Å². The Balaban J connectivity index is 0.00000256. The average molecular weight is 430 g/mol. The summed E-state index contributed by atoms with van der Waals surface area (Å²) in [5, 5.41) is 1.62. The van der Waals surface area contributed by atoms with Crippen LogP contribution in [0.25, 0.3) is 10.8 Å². The van der Waals surface area contributed by atoms with Gasteiger partial charge in [0.15, 0.2) is 0 Å². The van der Waals surface area contributed by atoms with Gasteiger partial charge >= 0.3 is 0 Å². The molecule has 0 bridgehead atoms. The lowest BCUT2D eigenvalue weighted by molar-refractivity contribution is -0.133. The summed E-state index contributed by atoms with van der Waals surface area (Å²) in [6, 6.07) is 11.1. The van der Waals surface area contributed by atoms with E-state index in [1.54, 1.807) is 12.1 Å². The molecule has 6 nitrogen and oxygen atoms in total. The van der Waals surface area contributed by atoms with Crippen molar-refractivity contribution in [3.8, 4) is 0 Å². The Bertz CT molecular complexity index is 925. The second-order valence-corrected chi connectivity index (χ2v) is 8.18. The first-order valence-corrected chi connectivity index (χ1v) is 10.4. The maximum absolute atomic E-state index is 12.9. The van der Waals surface area contributed by atoms with Crippen LogP contribution < -0.4 is 5.73 Å². The van der Waals surface area contributed by atoms with Crippen LogP contribution in [0, 0.1) is 5.92 Å². The van der Waals surface area contributed by atoms with Gasteiger partial charge in [0.1, 0.15) is 0 Å². The van der Waals surface area contributed by atoms with Crippen molar-refractivity contribution in [3.63, 3.8) is 0 Å². The van der Waals surface area contributed by atoms with Crippen LogP contribution in [0.2, 0.25) is 0 Å². The molecule has 160 valence electrons. The molecule has 2 heterocycles. The number of nitrogens with two attached hydrogens (primary N) is 1. The number of hydrogen-bond donors (Lipinski definition) is 1. The van der Waals surface area contributed by atoms with Crippen molar-refractivity contribution in [1.29, 1.82) is 0 Å². The van der Waals surface area contributed by atoms with Gasteiger partial charge in [0.05, 0.1) is 0 Å². The fraction of sp³-hybridized carbons (Fsp3) is 0.435.